The number of Topliss-reactive ketones (excluding diaryl/α,β-unsaturated/α-hetero) is 1. The van der Waals surface area contributed by atoms with Crippen molar-refractivity contribution in [2.24, 2.45) is 29.1 Å². The molecule has 122 valence electrons. The third-order valence-electron chi connectivity index (χ3n) is 7.92. The van der Waals surface area contributed by atoms with E-state index in [0.717, 1.165) is 37.0 Å². The first-order chi connectivity index (χ1) is 10.5. The van der Waals surface area contributed by atoms with Crippen LogP contribution in [0.1, 0.15) is 71.6 Å². The van der Waals surface area contributed by atoms with Gasteiger partial charge in [0.25, 0.3) is 0 Å². The molecule has 3 fully saturated rings. The van der Waals surface area contributed by atoms with Gasteiger partial charge in [0.2, 0.25) is 0 Å². The molecule has 0 spiro atoms. The highest BCUT2D eigenvalue weighted by atomic mass is 16.3. The average molecular weight is 302 g/mol. The summed E-state index contributed by atoms with van der Waals surface area (Å²) in [4.78, 5) is 11.9. The maximum absolute atomic E-state index is 11.9. The molecule has 0 unspecified atom stereocenters. The summed E-state index contributed by atoms with van der Waals surface area (Å²) < 4.78 is 0. The predicted octanol–water partition coefficient (Wildman–Crippen LogP) is 4.27. The van der Waals surface area contributed by atoms with Gasteiger partial charge in [-0.2, -0.15) is 0 Å². The number of hydrogen-bond donors (Lipinski definition) is 1. The molecule has 0 aromatic heterocycles. The number of allylic oxidation sites excluding steroid dienone is 2. The van der Waals surface area contributed by atoms with Crippen LogP contribution in [0.5, 0.6) is 0 Å². The molecule has 0 aromatic rings. The largest absolute Gasteiger partial charge is 0.393 e. The molecular weight excluding hydrogens is 272 g/mol. The van der Waals surface area contributed by atoms with Crippen LogP contribution < -0.4 is 0 Å². The van der Waals surface area contributed by atoms with Crippen LogP contribution in [-0.2, 0) is 4.79 Å². The molecule has 22 heavy (non-hydrogen) atoms. The standard InChI is InChI=1S/C20H30O2/c1-12(21)15-5-6-17-16(15)7-8-19-18(17)4-3-13-11-14(22)9-10-20(13,19)2/h13-14,17-19,22H,3-11H2,1-2H3/t13-,14-,17-,18-,19-,20-/m1/s1. The minimum Gasteiger partial charge on any atom is -0.393 e. The third kappa shape index (κ3) is 2.06. The van der Waals surface area contributed by atoms with Crippen molar-refractivity contribution in [2.75, 3.05) is 0 Å². The minimum absolute atomic E-state index is 0.0514. The lowest BCUT2D eigenvalue weighted by Gasteiger charge is -2.58. The van der Waals surface area contributed by atoms with Crippen molar-refractivity contribution in [3.05, 3.63) is 11.1 Å². The molecule has 2 nitrogen and oxygen atoms in total. The van der Waals surface area contributed by atoms with Crippen molar-refractivity contribution in [2.45, 2.75) is 77.7 Å². The second-order valence-corrected chi connectivity index (χ2v) is 8.72. The molecular formula is C20H30O2. The fourth-order valence-electron chi connectivity index (χ4n) is 6.82. The number of hydrogen-bond acceptors (Lipinski definition) is 2. The number of carbonyl (C=O) groups is 1. The van der Waals surface area contributed by atoms with Gasteiger partial charge in [0.1, 0.15) is 0 Å². The summed E-state index contributed by atoms with van der Waals surface area (Å²) in [7, 11) is 0. The summed E-state index contributed by atoms with van der Waals surface area (Å²) in [6.45, 7) is 4.29. The Bertz CT molecular complexity index is 520. The first-order valence-corrected chi connectivity index (χ1v) is 9.41. The van der Waals surface area contributed by atoms with Gasteiger partial charge in [0.15, 0.2) is 5.78 Å². The molecule has 0 saturated heterocycles. The topological polar surface area (TPSA) is 37.3 Å². The Morgan fingerprint density at radius 2 is 1.95 bits per heavy atom. The molecule has 2 heteroatoms. The highest BCUT2D eigenvalue weighted by Gasteiger charge is 2.54. The SMILES string of the molecule is CC(=O)C1=C2CC[C@@H]3[C@H](CC[C@@H]4C[C@H](O)CC[C@]43C)[C@@H]2CC1. The van der Waals surface area contributed by atoms with Crippen LogP contribution in [0, 0.1) is 29.1 Å². The van der Waals surface area contributed by atoms with E-state index < -0.39 is 0 Å². The number of aliphatic hydroxyl groups excluding tert-OH is 1. The molecule has 0 amide bonds. The summed E-state index contributed by atoms with van der Waals surface area (Å²) >= 11 is 0. The monoisotopic (exact) mass is 302 g/mol. The van der Waals surface area contributed by atoms with E-state index in [4.69, 9.17) is 0 Å². The lowest BCUT2D eigenvalue weighted by atomic mass is 9.47. The lowest BCUT2D eigenvalue weighted by molar-refractivity contribution is -0.113. The number of ketones is 1. The quantitative estimate of drug-likeness (QED) is 0.785. The first kappa shape index (κ1) is 14.9. The van der Waals surface area contributed by atoms with Gasteiger partial charge in [-0.3, -0.25) is 4.79 Å². The van der Waals surface area contributed by atoms with Gasteiger partial charge in [-0.05, 0) is 99.4 Å². The van der Waals surface area contributed by atoms with Gasteiger partial charge < -0.3 is 5.11 Å². The van der Waals surface area contributed by atoms with E-state index in [1.165, 1.54) is 44.1 Å². The minimum atomic E-state index is -0.0514. The number of fused-ring (bicyclic) bond motifs is 5. The molecule has 0 bridgehead atoms. The molecule has 0 radical (unpaired) electrons. The van der Waals surface area contributed by atoms with Crippen molar-refractivity contribution < 1.29 is 9.90 Å². The second kappa shape index (κ2) is 5.19. The number of aliphatic hydroxyl groups is 1. The summed E-state index contributed by atoms with van der Waals surface area (Å²) in [6.07, 6.45) is 10.6. The fourth-order valence-corrected chi connectivity index (χ4v) is 6.82. The van der Waals surface area contributed by atoms with Crippen molar-refractivity contribution in [3.63, 3.8) is 0 Å². The first-order valence-electron chi connectivity index (χ1n) is 9.41. The van der Waals surface area contributed by atoms with Crippen LogP contribution in [0.25, 0.3) is 0 Å². The van der Waals surface area contributed by atoms with E-state index >= 15 is 0 Å². The van der Waals surface area contributed by atoms with Gasteiger partial charge >= 0.3 is 0 Å². The van der Waals surface area contributed by atoms with Gasteiger partial charge in [-0.25, -0.2) is 0 Å². The highest BCUT2D eigenvalue weighted by molar-refractivity contribution is 5.94. The highest BCUT2D eigenvalue weighted by Crippen LogP contribution is 2.62. The maximum atomic E-state index is 11.9. The zero-order chi connectivity index (χ0) is 15.5. The van der Waals surface area contributed by atoms with Crippen molar-refractivity contribution in [1.82, 2.24) is 0 Å². The van der Waals surface area contributed by atoms with E-state index in [9.17, 15) is 9.90 Å². The zero-order valence-corrected chi connectivity index (χ0v) is 14.1. The third-order valence-corrected chi connectivity index (χ3v) is 7.92. The molecule has 0 aliphatic heterocycles. The maximum Gasteiger partial charge on any atom is 0.155 e. The molecule has 1 N–H and O–H groups in total. The Morgan fingerprint density at radius 3 is 2.73 bits per heavy atom. The number of rotatable bonds is 1. The van der Waals surface area contributed by atoms with E-state index in [1.54, 1.807) is 12.5 Å². The van der Waals surface area contributed by atoms with E-state index in [0.29, 0.717) is 17.1 Å². The van der Waals surface area contributed by atoms with Crippen LogP contribution in [0.4, 0.5) is 0 Å². The molecule has 4 aliphatic rings. The van der Waals surface area contributed by atoms with Gasteiger partial charge in [-0.1, -0.05) is 12.5 Å². The summed E-state index contributed by atoms with van der Waals surface area (Å²) in [6, 6.07) is 0. The summed E-state index contributed by atoms with van der Waals surface area (Å²) in [5.74, 6) is 3.42. The molecule has 0 heterocycles. The van der Waals surface area contributed by atoms with Crippen LogP contribution in [0.3, 0.4) is 0 Å². The van der Waals surface area contributed by atoms with Crippen LogP contribution in [0.2, 0.25) is 0 Å². The second-order valence-electron chi connectivity index (χ2n) is 8.72. The Kier molecular flexibility index (Phi) is 3.52. The number of carbonyl (C=O) groups excluding carboxylic acids is 1. The van der Waals surface area contributed by atoms with Crippen molar-refractivity contribution in [3.8, 4) is 0 Å². The van der Waals surface area contributed by atoms with Crippen LogP contribution in [0.15, 0.2) is 11.1 Å². The Morgan fingerprint density at radius 1 is 1.14 bits per heavy atom. The van der Waals surface area contributed by atoms with Gasteiger partial charge in [0.05, 0.1) is 6.10 Å². The van der Waals surface area contributed by atoms with Gasteiger partial charge in [0, 0.05) is 0 Å². The Balaban J connectivity index is 1.62. The smallest absolute Gasteiger partial charge is 0.155 e. The molecule has 0 aromatic carbocycles. The molecule has 4 aliphatic carbocycles. The van der Waals surface area contributed by atoms with Crippen LogP contribution >= 0.6 is 0 Å². The van der Waals surface area contributed by atoms with Gasteiger partial charge in [-0.15, -0.1) is 0 Å². The Hall–Kier alpha value is -0.630. The normalized spacial score (nSPS) is 47.7. The van der Waals surface area contributed by atoms with E-state index in [-0.39, 0.29) is 6.10 Å². The lowest BCUT2D eigenvalue weighted by Crippen LogP contribution is -2.50. The molecule has 6 atom stereocenters. The molecule has 4 rings (SSSR count). The summed E-state index contributed by atoms with van der Waals surface area (Å²) in [5, 5.41) is 10.1. The van der Waals surface area contributed by atoms with E-state index in [1.807, 2.05) is 0 Å². The summed E-state index contributed by atoms with van der Waals surface area (Å²) in [5.41, 5.74) is 3.19. The zero-order valence-electron chi connectivity index (χ0n) is 14.1. The van der Waals surface area contributed by atoms with E-state index in [2.05, 4.69) is 6.92 Å². The average Bonchev–Trinajstić information content (AvgIpc) is 2.92. The van der Waals surface area contributed by atoms with Crippen molar-refractivity contribution in [1.29, 1.82) is 0 Å². The van der Waals surface area contributed by atoms with Crippen molar-refractivity contribution >= 4 is 5.78 Å². The molecule has 3 saturated carbocycles. The predicted molar refractivity (Wildman–Crippen MR) is 87.3 cm³/mol. The van der Waals surface area contributed by atoms with Crippen LogP contribution in [-0.4, -0.2) is 17.0 Å². The fraction of sp³-hybridized carbons (Fsp3) is 0.850. The Labute approximate surface area is 134 Å².